The van der Waals surface area contributed by atoms with Crippen LogP contribution in [0.1, 0.15) is 18.9 Å². The Morgan fingerprint density at radius 2 is 2.14 bits per heavy atom. The number of halogens is 1. The second-order valence-electron chi connectivity index (χ2n) is 6.29. The first-order valence-electron chi connectivity index (χ1n) is 8.83. The van der Waals surface area contributed by atoms with Gasteiger partial charge >= 0.3 is 0 Å². The summed E-state index contributed by atoms with van der Waals surface area (Å²) in [7, 11) is 0. The third kappa shape index (κ3) is 4.64. The largest absolute Gasteiger partial charge is 0.494 e. The zero-order valence-electron chi connectivity index (χ0n) is 15.5. The van der Waals surface area contributed by atoms with Crippen LogP contribution in [0.5, 0.6) is 5.75 Å². The van der Waals surface area contributed by atoms with Gasteiger partial charge < -0.3 is 20.7 Å². The number of fused-ring (bicyclic) bond motifs is 1. The second-order valence-corrected chi connectivity index (χ2v) is 6.29. The maximum atomic E-state index is 12.5. The highest BCUT2D eigenvalue weighted by molar-refractivity contribution is 5.96. The molecule has 0 radical (unpaired) electrons. The van der Waals surface area contributed by atoms with Gasteiger partial charge in [0.25, 0.3) is 5.69 Å². The molecular formula is C19H23ClN4O4. The minimum Gasteiger partial charge on any atom is -0.494 e. The van der Waals surface area contributed by atoms with Crippen LogP contribution in [-0.2, 0) is 11.2 Å². The van der Waals surface area contributed by atoms with E-state index >= 15 is 0 Å². The SMILES string of the molecule is CCOc1ccc(NC(=O)CN2CCCc3c(N)cccc32)c([N+](=O)[O-])c1.Cl. The van der Waals surface area contributed by atoms with Crippen LogP contribution in [0, 0.1) is 10.1 Å². The van der Waals surface area contributed by atoms with Gasteiger partial charge in [-0.25, -0.2) is 0 Å². The molecule has 0 saturated carbocycles. The van der Waals surface area contributed by atoms with Crippen LogP contribution >= 0.6 is 12.4 Å². The lowest BCUT2D eigenvalue weighted by molar-refractivity contribution is -0.384. The van der Waals surface area contributed by atoms with Crippen LogP contribution in [0.2, 0.25) is 0 Å². The number of nitrogen functional groups attached to an aromatic ring is 1. The van der Waals surface area contributed by atoms with E-state index < -0.39 is 4.92 Å². The van der Waals surface area contributed by atoms with Crippen molar-refractivity contribution >= 4 is 41.1 Å². The van der Waals surface area contributed by atoms with Gasteiger partial charge in [0.1, 0.15) is 11.4 Å². The Bertz CT molecular complexity index is 875. The van der Waals surface area contributed by atoms with Gasteiger partial charge in [0.05, 0.1) is 24.1 Å². The molecule has 3 N–H and O–H groups in total. The van der Waals surface area contributed by atoms with E-state index in [0.717, 1.165) is 36.3 Å². The molecule has 1 aliphatic rings. The zero-order valence-corrected chi connectivity index (χ0v) is 16.3. The molecule has 28 heavy (non-hydrogen) atoms. The first kappa shape index (κ1) is 21.3. The summed E-state index contributed by atoms with van der Waals surface area (Å²) in [6, 6.07) is 10.1. The number of anilines is 3. The van der Waals surface area contributed by atoms with Crippen LogP contribution in [0.15, 0.2) is 36.4 Å². The van der Waals surface area contributed by atoms with E-state index in [2.05, 4.69) is 5.32 Å². The van der Waals surface area contributed by atoms with Crippen LogP contribution in [0.25, 0.3) is 0 Å². The first-order chi connectivity index (χ1) is 13.0. The van der Waals surface area contributed by atoms with E-state index in [1.54, 1.807) is 13.0 Å². The third-order valence-corrected chi connectivity index (χ3v) is 4.47. The normalized spacial score (nSPS) is 12.5. The van der Waals surface area contributed by atoms with Crippen molar-refractivity contribution in [2.75, 3.05) is 35.6 Å². The number of carbonyl (C=O) groups is 1. The number of nitrogens with two attached hydrogens (primary N) is 1. The van der Waals surface area contributed by atoms with E-state index in [0.29, 0.717) is 12.4 Å². The maximum absolute atomic E-state index is 12.5. The van der Waals surface area contributed by atoms with Crippen molar-refractivity contribution in [1.29, 1.82) is 0 Å². The molecule has 0 aromatic heterocycles. The van der Waals surface area contributed by atoms with Crippen LogP contribution in [0.4, 0.5) is 22.7 Å². The average molecular weight is 407 g/mol. The Balaban J connectivity index is 0.00000280. The Morgan fingerprint density at radius 3 is 2.86 bits per heavy atom. The highest BCUT2D eigenvalue weighted by Crippen LogP contribution is 2.32. The molecule has 0 atom stereocenters. The van der Waals surface area contributed by atoms with Crippen molar-refractivity contribution < 1.29 is 14.5 Å². The number of rotatable bonds is 6. The molecule has 3 rings (SSSR count). The van der Waals surface area contributed by atoms with Crippen molar-refractivity contribution in [1.82, 2.24) is 0 Å². The summed E-state index contributed by atoms with van der Waals surface area (Å²) < 4.78 is 5.29. The number of nitro groups is 1. The van der Waals surface area contributed by atoms with E-state index in [-0.39, 0.29) is 36.2 Å². The molecule has 0 saturated heterocycles. The number of benzene rings is 2. The summed E-state index contributed by atoms with van der Waals surface area (Å²) in [4.78, 5) is 25.3. The molecule has 0 spiro atoms. The Kier molecular flexibility index (Phi) is 7.06. The number of ether oxygens (including phenoxy) is 1. The summed E-state index contributed by atoms with van der Waals surface area (Å²) in [5.74, 6) is 0.0696. The van der Waals surface area contributed by atoms with Crippen LogP contribution in [0.3, 0.4) is 0 Å². The first-order valence-corrected chi connectivity index (χ1v) is 8.83. The van der Waals surface area contributed by atoms with Gasteiger partial charge in [-0.1, -0.05) is 6.07 Å². The van der Waals surface area contributed by atoms with Crippen LogP contribution < -0.4 is 20.7 Å². The maximum Gasteiger partial charge on any atom is 0.296 e. The van der Waals surface area contributed by atoms with Gasteiger partial charge in [-0.3, -0.25) is 14.9 Å². The minimum absolute atomic E-state index is 0. The minimum atomic E-state index is -0.533. The van der Waals surface area contributed by atoms with Crippen molar-refractivity contribution in [2.24, 2.45) is 0 Å². The standard InChI is InChI=1S/C19H22N4O4.ClH/c1-2-27-13-8-9-16(18(11-13)23(25)26)21-19(24)12-22-10-4-5-14-15(20)6-3-7-17(14)22;/h3,6-9,11H,2,4-5,10,12,20H2,1H3,(H,21,24);1H. The number of hydrogen-bond donors (Lipinski definition) is 2. The molecule has 2 aromatic carbocycles. The molecule has 2 aromatic rings. The lowest BCUT2D eigenvalue weighted by Crippen LogP contribution is -2.37. The van der Waals surface area contributed by atoms with Crippen LogP contribution in [-0.4, -0.2) is 30.5 Å². The predicted octanol–water partition coefficient (Wildman–Crippen LogP) is 3.39. The van der Waals surface area contributed by atoms with Gasteiger partial charge in [-0.05, 0) is 49.6 Å². The zero-order chi connectivity index (χ0) is 19.4. The average Bonchev–Trinajstić information content (AvgIpc) is 2.64. The molecule has 1 heterocycles. The molecule has 8 nitrogen and oxygen atoms in total. The fraction of sp³-hybridized carbons (Fsp3) is 0.316. The predicted molar refractivity (Wildman–Crippen MR) is 112 cm³/mol. The summed E-state index contributed by atoms with van der Waals surface area (Å²) in [6.45, 7) is 3.03. The highest BCUT2D eigenvalue weighted by atomic mass is 35.5. The van der Waals surface area contributed by atoms with Gasteiger partial charge in [-0.2, -0.15) is 0 Å². The van der Waals surface area contributed by atoms with Gasteiger partial charge in [0, 0.05) is 17.9 Å². The fourth-order valence-electron chi connectivity index (χ4n) is 3.28. The topological polar surface area (TPSA) is 111 Å². The number of hydrogen-bond acceptors (Lipinski definition) is 6. The molecule has 0 aliphatic carbocycles. The van der Waals surface area contributed by atoms with Crippen molar-refractivity contribution in [2.45, 2.75) is 19.8 Å². The van der Waals surface area contributed by atoms with Gasteiger partial charge in [0.2, 0.25) is 5.91 Å². The molecule has 1 amide bonds. The van der Waals surface area contributed by atoms with Crippen molar-refractivity contribution in [3.05, 3.63) is 52.1 Å². The van der Waals surface area contributed by atoms with E-state index in [9.17, 15) is 14.9 Å². The number of carbonyl (C=O) groups excluding carboxylic acids is 1. The van der Waals surface area contributed by atoms with Crippen molar-refractivity contribution in [3.63, 3.8) is 0 Å². The summed E-state index contributed by atoms with van der Waals surface area (Å²) >= 11 is 0. The van der Waals surface area contributed by atoms with E-state index in [4.69, 9.17) is 10.5 Å². The highest BCUT2D eigenvalue weighted by Gasteiger charge is 2.22. The molecule has 150 valence electrons. The number of amides is 1. The molecule has 0 bridgehead atoms. The Morgan fingerprint density at radius 1 is 1.36 bits per heavy atom. The summed E-state index contributed by atoms with van der Waals surface area (Å²) in [5.41, 5.74) is 8.70. The smallest absolute Gasteiger partial charge is 0.296 e. The summed E-state index contributed by atoms with van der Waals surface area (Å²) in [6.07, 6.45) is 1.78. The molecule has 9 heteroatoms. The number of nitrogens with zero attached hydrogens (tertiary/aromatic N) is 2. The van der Waals surface area contributed by atoms with Gasteiger partial charge in [-0.15, -0.1) is 12.4 Å². The van der Waals surface area contributed by atoms with Crippen molar-refractivity contribution in [3.8, 4) is 5.75 Å². The third-order valence-electron chi connectivity index (χ3n) is 4.47. The quantitative estimate of drug-likeness (QED) is 0.432. The second kappa shape index (κ2) is 9.27. The number of nitro benzene ring substituents is 1. The van der Waals surface area contributed by atoms with Gasteiger partial charge in [0.15, 0.2) is 0 Å². The molecular weight excluding hydrogens is 384 g/mol. The fourth-order valence-corrected chi connectivity index (χ4v) is 3.28. The number of nitrogens with one attached hydrogen (secondary N) is 1. The lowest BCUT2D eigenvalue weighted by Gasteiger charge is -2.31. The molecule has 0 fully saturated rings. The Labute approximate surface area is 169 Å². The molecule has 1 aliphatic heterocycles. The monoisotopic (exact) mass is 406 g/mol. The van der Waals surface area contributed by atoms with E-state index in [1.165, 1.54) is 12.1 Å². The lowest BCUT2D eigenvalue weighted by atomic mass is 10.00. The van der Waals surface area contributed by atoms with E-state index in [1.807, 2.05) is 23.1 Å². The summed E-state index contributed by atoms with van der Waals surface area (Å²) in [5, 5.41) is 14.0. The molecule has 0 unspecified atom stereocenters. The Hall–Kier alpha value is -3.00.